The van der Waals surface area contributed by atoms with Gasteiger partial charge in [0.25, 0.3) is 5.91 Å². The summed E-state index contributed by atoms with van der Waals surface area (Å²) in [7, 11) is 1.67. The van der Waals surface area contributed by atoms with Crippen LogP contribution in [0.1, 0.15) is 15.9 Å². The van der Waals surface area contributed by atoms with Crippen LogP contribution in [-0.4, -0.2) is 54.3 Å². The molecule has 1 saturated heterocycles. The molecule has 0 spiro atoms. The monoisotopic (exact) mass is 454 g/mol. The number of hydrogen-bond acceptors (Lipinski definition) is 6. The second-order valence-corrected chi connectivity index (χ2v) is 8.29. The molecule has 1 fully saturated rings. The maximum atomic E-state index is 13.1. The summed E-state index contributed by atoms with van der Waals surface area (Å²) in [5, 5.41) is 8.38. The Kier molecular flexibility index (Phi) is 5.99. The number of methoxy groups -OCH3 is 1. The van der Waals surface area contributed by atoms with Crippen LogP contribution in [0.4, 0.5) is 5.69 Å². The molecule has 7 heteroatoms. The number of aryl methyl sites for hydroxylation is 1. The number of anilines is 1. The number of rotatable bonds is 5. The summed E-state index contributed by atoms with van der Waals surface area (Å²) < 4.78 is 11.2. The molecule has 34 heavy (non-hydrogen) atoms. The molecule has 2 heterocycles. The van der Waals surface area contributed by atoms with Crippen LogP contribution in [0.3, 0.4) is 0 Å². The highest BCUT2D eigenvalue weighted by atomic mass is 16.5. The SMILES string of the molecule is COc1cccc(N2CCN(C(=O)c3ccc(-c4nnc(-c5ccccc5C)o4)cc3)CC2)c1. The lowest BCUT2D eigenvalue weighted by Gasteiger charge is -2.36. The van der Waals surface area contributed by atoms with Crippen molar-refractivity contribution in [3.8, 4) is 28.7 Å². The summed E-state index contributed by atoms with van der Waals surface area (Å²) in [6.45, 7) is 4.90. The first-order valence-electron chi connectivity index (χ1n) is 11.3. The fourth-order valence-electron chi connectivity index (χ4n) is 4.17. The van der Waals surface area contributed by atoms with Gasteiger partial charge in [-0.2, -0.15) is 0 Å². The van der Waals surface area contributed by atoms with Crippen molar-refractivity contribution in [2.75, 3.05) is 38.2 Å². The second-order valence-electron chi connectivity index (χ2n) is 8.29. The van der Waals surface area contributed by atoms with Crippen molar-refractivity contribution in [1.29, 1.82) is 0 Å². The Morgan fingerprint density at radius 3 is 2.35 bits per heavy atom. The fourth-order valence-corrected chi connectivity index (χ4v) is 4.17. The van der Waals surface area contributed by atoms with Crippen molar-refractivity contribution >= 4 is 11.6 Å². The van der Waals surface area contributed by atoms with Gasteiger partial charge in [0.05, 0.1) is 7.11 Å². The molecule has 5 rings (SSSR count). The Labute approximate surface area is 198 Å². The minimum absolute atomic E-state index is 0.0305. The Balaban J connectivity index is 1.24. The van der Waals surface area contributed by atoms with Crippen LogP contribution < -0.4 is 9.64 Å². The van der Waals surface area contributed by atoms with Crippen molar-refractivity contribution < 1.29 is 13.9 Å². The van der Waals surface area contributed by atoms with Crippen LogP contribution in [0.15, 0.2) is 77.2 Å². The highest BCUT2D eigenvalue weighted by Crippen LogP contribution is 2.27. The smallest absolute Gasteiger partial charge is 0.253 e. The number of ether oxygens (including phenoxy) is 1. The number of hydrogen-bond donors (Lipinski definition) is 0. The van der Waals surface area contributed by atoms with Crippen molar-refractivity contribution in [2.45, 2.75) is 6.92 Å². The third-order valence-electron chi connectivity index (χ3n) is 6.16. The summed E-state index contributed by atoms with van der Waals surface area (Å²) >= 11 is 0. The zero-order valence-electron chi connectivity index (χ0n) is 19.3. The molecule has 7 nitrogen and oxygen atoms in total. The van der Waals surface area contributed by atoms with Crippen molar-refractivity contribution in [1.82, 2.24) is 15.1 Å². The number of nitrogens with zero attached hydrogens (tertiary/aromatic N) is 4. The number of aromatic nitrogens is 2. The van der Waals surface area contributed by atoms with E-state index >= 15 is 0 Å². The first kappa shape index (κ1) is 21.7. The lowest BCUT2D eigenvalue weighted by atomic mass is 10.1. The Morgan fingerprint density at radius 1 is 0.882 bits per heavy atom. The number of piperazine rings is 1. The lowest BCUT2D eigenvalue weighted by molar-refractivity contribution is 0.0747. The molecule has 0 N–H and O–H groups in total. The molecule has 0 saturated carbocycles. The first-order chi connectivity index (χ1) is 16.6. The van der Waals surface area contributed by atoms with E-state index in [1.54, 1.807) is 7.11 Å². The van der Waals surface area contributed by atoms with Gasteiger partial charge in [-0.05, 0) is 55.0 Å². The molecule has 0 atom stereocenters. The average molecular weight is 455 g/mol. The molecule has 1 aromatic heterocycles. The highest BCUT2D eigenvalue weighted by molar-refractivity contribution is 5.94. The summed E-state index contributed by atoms with van der Waals surface area (Å²) in [5.41, 5.74) is 4.54. The van der Waals surface area contributed by atoms with Crippen molar-refractivity contribution in [3.63, 3.8) is 0 Å². The predicted molar refractivity (Wildman–Crippen MR) is 131 cm³/mol. The zero-order chi connectivity index (χ0) is 23.5. The van der Waals surface area contributed by atoms with Gasteiger partial charge in [-0.1, -0.05) is 24.3 Å². The molecule has 0 unspecified atom stereocenters. The number of amides is 1. The van der Waals surface area contributed by atoms with E-state index in [0.29, 0.717) is 30.4 Å². The molecule has 0 bridgehead atoms. The van der Waals surface area contributed by atoms with E-state index in [1.807, 2.05) is 78.6 Å². The van der Waals surface area contributed by atoms with Crippen LogP contribution in [0.5, 0.6) is 5.75 Å². The first-order valence-corrected chi connectivity index (χ1v) is 11.3. The second kappa shape index (κ2) is 9.39. The van der Waals surface area contributed by atoms with Crippen molar-refractivity contribution in [3.05, 3.63) is 83.9 Å². The van der Waals surface area contributed by atoms with Crippen LogP contribution in [0, 0.1) is 6.92 Å². The minimum atomic E-state index is 0.0305. The topological polar surface area (TPSA) is 71.7 Å². The minimum Gasteiger partial charge on any atom is -0.497 e. The molecular weight excluding hydrogens is 428 g/mol. The van der Waals surface area contributed by atoms with E-state index in [1.165, 1.54) is 0 Å². The molecule has 1 amide bonds. The van der Waals surface area contributed by atoms with Gasteiger partial charge in [-0.15, -0.1) is 10.2 Å². The van der Waals surface area contributed by atoms with Gasteiger partial charge < -0.3 is 19.0 Å². The maximum absolute atomic E-state index is 13.1. The van der Waals surface area contributed by atoms with Gasteiger partial charge in [-0.3, -0.25) is 4.79 Å². The van der Waals surface area contributed by atoms with E-state index in [0.717, 1.165) is 41.2 Å². The van der Waals surface area contributed by atoms with E-state index in [-0.39, 0.29) is 5.91 Å². The quantitative estimate of drug-likeness (QED) is 0.436. The fraction of sp³-hybridized carbons (Fsp3) is 0.222. The molecule has 1 aliphatic heterocycles. The third kappa shape index (κ3) is 4.37. The van der Waals surface area contributed by atoms with Crippen LogP contribution in [0.2, 0.25) is 0 Å². The Bertz CT molecular complexity index is 1290. The maximum Gasteiger partial charge on any atom is 0.253 e. The standard InChI is InChI=1S/C27H26N4O3/c1-19-6-3-4-9-24(19)26-29-28-25(34-26)20-10-12-21(13-11-20)27(32)31-16-14-30(15-17-31)22-7-5-8-23(18-22)33-2/h3-13,18H,14-17H2,1-2H3. The molecule has 1 aliphatic rings. The third-order valence-corrected chi connectivity index (χ3v) is 6.16. The van der Waals surface area contributed by atoms with Gasteiger partial charge in [0, 0.05) is 54.6 Å². The number of carbonyl (C=O) groups is 1. The van der Waals surface area contributed by atoms with Gasteiger partial charge in [0.15, 0.2) is 0 Å². The molecule has 0 radical (unpaired) electrons. The van der Waals surface area contributed by atoms with E-state index in [2.05, 4.69) is 21.2 Å². The lowest BCUT2D eigenvalue weighted by Crippen LogP contribution is -2.48. The molecule has 4 aromatic rings. The molecular formula is C27H26N4O3. The Morgan fingerprint density at radius 2 is 1.62 bits per heavy atom. The summed E-state index contributed by atoms with van der Waals surface area (Å²) in [5.74, 6) is 1.79. The summed E-state index contributed by atoms with van der Waals surface area (Å²) in [6, 6.07) is 23.3. The number of carbonyl (C=O) groups excluding carboxylic acids is 1. The van der Waals surface area contributed by atoms with E-state index in [9.17, 15) is 4.79 Å². The van der Waals surface area contributed by atoms with E-state index < -0.39 is 0 Å². The van der Waals surface area contributed by atoms with Crippen LogP contribution >= 0.6 is 0 Å². The average Bonchev–Trinajstić information content (AvgIpc) is 3.39. The predicted octanol–water partition coefficient (Wildman–Crippen LogP) is 4.68. The molecule has 0 aliphatic carbocycles. The molecule has 172 valence electrons. The number of benzene rings is 3. The largest absolute Gasteiger partial charge is 0.497 e. The highest BCUT2D eigenvalue weighted by Gasteiger charge is 2.23. The molecule has 3 aromatic carbocycles. The van der Waals surface area contributed by atoms with E-state index in [4.69, 9.17) is 9.15 Å². The van der Waals surface area contributed by atoms with Crippen LogP contribution in [0.25, 0.3) is 22.9 Å². The van der Waals surface area contributed by atoms with Crippen LogP contribution in [-0.2, 0) is 0 Å². The zero-order valence-corrected chi connectivity index (χ0v) is 19.3. The summed E-state index contributed by atoms with van der Waals surface area (Å²) in [4.78, 5) is 17.2. The normalized spacial score (nSPS) is 13.7. The van der Waals surface area contributed by atoms with Crippen molar-refractivity contribution in [2.24, 2.45) is 0 Å². The van der Waals surface area contributed by atoms with Gasteiger partial charge >= 0.3 is 0 Å². The van der Waals surface area contributed by atoms with Gasteiger partial charge in [-0.25, -0.2) is 0 Å². The van der Waals surface area contributed by atoms with Gasteiger partial charge in [0.1, 0.15) is 5.75 Å². The summed E-state index contributed by atoms with van der Waals surface area (Å²) in [6.07, 6.45) is 0. The van der Waals surface area contributed by atoms with Gasteiger partial charge in [0.2, 0.25) is 11.8 Å². The Hall–Kier alpha value is -4.13.